The first kappa shape index (κ1) is 26.9. The van der Waals surface area contributed by atoms with Crippen LogP contribution in [0.25, 0.3) is 32.7 Å². The van der Waals surface area contributed by atoms with Gasteiger partial charge in [0.1, 0.15) is 23.0 Å². The summed E-state index contributed by atoms with van der Waals surface area (Å²) in [6, 6.07) is 60.1. The Morgan fingerprint density at radius 3 is 1.71 bits per heavy atom. The van der Waals surface area contributed by atoms with E-state index < -0.39 is 0 Å². The number of rotatable bonds is 4. The van der Waals surface area contributed by atoms with Crippen molar-refractivity contribution in [3.63, 3.8) is 0 Å². The van der Waals surface area contributed by atoms with Gasteiger partial charge in [0, 0.05) is 33.9 Å². The lowest BCUT2D eigenvalue weighted by atomic mass is 9.35. The molecule has 0 saturated carbocycles. The molecule has 0 unspecified atom stereocenters. The van der Waals surface area contributed by atoms with E-state index >= 15 is 0 Å². The summed E-state index contributed by atoms with van der Waals surface area (Å²) in [6.07, 6.45) is 0. The van der Waals surface area contributed by atoms with Gasteiger partial charge in [0.05, 0.1) is 17.1 Å². The fraction of sp³-hybridized carbons (Fsp3) is 0. The minimum atomic E-state index is 0.0161. The highest BCUT2D eigenvalue weighted by Gasteiger charge is 2.40. The summed E-state index contributed by atoms with van der Waals surface area (Å²) in [7, 11) is 0. The first-order valence-corrected chi connectivity index (χ1v) is 16.4. The zero-order chi connectivity index (χ0) is 31.6. The molecule has 0 bridgehead atoms. The second-order valence-corrected chi connectivity index (χ2v) is 12.5. The van der Waals surface area contributed by atoms with Gasteiger partial charge in [-0.05, 0) is 45.5 Å². The Balaban J connectivity index is 1.31. The summed E-state index contributed by atoms with van der Waals surface area (Å²) < 4.78 is 13.6. The molecule has 8 aromatic carbocycles. The second kappa shape index (κ2) is 10.6. The fourth-order valence-corrected chi connectivity index (χ4v) is 7.65. The summed E-state index contributed by atoms with van der Waals surface area (Å²) in [6.45, 7) is 0.0161. The van der Waals surface area contributed by atoms with Crippen LogP contribution in [-0.2, 0) is 0 Å². The third-order valence-corrected chi connectivity index (χ3v) is 9.75. The Bertz CT molecular complexity index is 2470. The monoisotopic (exact) mass is 613 g/mol. The normalized spacial score (nSPS) is 12.5. The minimum absolute atomic E-state index is 0.0161. The van der Waals surface area contributed by atoms with Crippen molar-refractivity contribution in [2.75, 3.05) is 4.90 Å². The van der Waals surface area contributed by atoms with Crippen LogP contribution in [0.15, 0.2) is 170 Å². The third kappa shape index (κ3) is 4.09. The van der Waals surface area contributed by atoms with Crippen molar-refractivity contribution in [1.82, 2.24) is 0 Å². The Hall–Kier alpha value is -6.26. The fourth-order valence-electron chi connectivity index (χ4n) is 7.65. The number of hydrogen-bond acceptors (Lipinski definition) is 3. The van der Waals surface area contributed by atoms with Crippen molar-refractivity contribution in [2.45, 2.75) is 0 Å². The molecule has 0 aliphatic carbocycles. The number of anilines is 3. The van der Waals surface area contributed by atoms with Gasteiger partial charge in [-0.15, -0.1) is 0 Å². The van der Waals surface area contributed by atoms with Gasteiger partial charge in [0.15, 0.2) is 0 Å². The molecule has 3 nitrogen and oxygen atoms in total. The summed E-state index contributed by atoms with van der Waals surface area (Å²) in [5.74, 6) is 3.38. The van der Waals surface area contributed by atoms with Gasteiger partial charge in [-0.1, -0.05) is 140 Å². The molecule has 0 aromatic heterocycles. The molecule has 0 saturated heterocycles. The highest BCUT2D eigenvalue weighted by Crippen LogP contribution is 2.49. The molecule has 0 spiro atoms. The number of benzene rings is 8. The van der Waals surface area contributed by atoms with E-state index in [-0.39, 0.29) is 6.71 Å². The van der Waals surface area contributed by atoms with Crippen molar-refractivity contribution in [3.8, 4) is 34.1 Å². The van der Waals surface area contributed by atoms with Crippen molar-refractivity contribution in [1.29, 1.82) is 0 Å². The molecule has 224 valence electrons. The van der Waals surface area contributed by atoms with Crippen LogP contribution in [-0.4, -0.2) is 6.71 Å². The number of nitrogens with zero attached hydrogens (tertiary/aromatic N) is 1. The Morgan fingerprint density at radius 2 is 1.00 bits per heavy atom. The molecule has 0 amide bonds. The Labute approximate surface area is 279 Å². The van der Waals surface area contributed by atoms with Gasteiger partial charge < -0.3 is 14.4 Å². The van der Waals surface area contributed by atoms with Gasteiger partial charge in [-0.2, -0.15) is 0 Å². The smallest absolute Gasteiger partial charge is 0.260 e. The van der Waals surface area contributed by atoms with Gasteiger partial charge in [-0.25, -0.2) is 0 Å². The average molecular weight is 614 g/mol. The molecule has 2 heterocycles. The molecule has 0 fully saturated rings. The molecule has 8 aromatic rings. The molecular formula is C44H28BNO2. The summed E-state index contributed by atoms with van der Waals surface area (Å²) >= 11 is 0. The maximum absolute atomic E-state index is 6.79. The highest BCUT2D eigenvalue weighted by atomic mass is 16.5. The highest BCUT2D eigenvalue weighted by molar-refractivity contribution is 6.98. The van der Waals surface area contributed by atoms with Crippen LogP contribution in [0, 0.1) is 0 Å². The quantitative estimate of drug-likeness (QED) is 0.185. The second-order valence-electron chi connectivity index (χ2n) is 12.5. The van der Waals surface area contributed by atoms with Crippen molar-refractivity contribution >= 4 is 61.7 Å². The molecule has 0 N–H and O–H groups in total. The Kier molecular flexibility index (Phi) is 5.97. The van der Waals surface area contributed by atoms with Crippen LogP contribution < -0.4 is 30.8 Å². The van der Waals surface area contributed by atoms with Crippen LogP contribution in [0.5, 0.6) is 23.0 Å². The summed E-state index contributed by atoms with van der Waals surface area (Å²) in [5, 5.41) is 4.67. The molecule has 48 heavy (non-hydrogen) atoms. The molecular weight excluding hydrogens is 585 g/mol. The molecule has 10 rings (SSSR count). The van der Waals surface area contributed by atoms with Crippen LogP contribution in [0.2, 0.25) is 0 Å². The van der Waals surface area contributed by atoms with E-state index in [1.54, 1.807) is 0 Å². The molecule has 2 aliphatic rings. The van der Waals surface area contributed by atoms with E-state index in [1.807, 2.05) is 12.1 Å². The number of fused-ring (bicyclic) bond motifs is 6. The predicted octanol–water partition coefficient (Wildman–Crippen LogP) is 9.86. The number of para-hydroxylation sites is 2. The average Bonchev–Trinajstić information content (AvgIpc) is 3.15. The largest absolute Gasteiger partial charge is 0.458 e. The Morgan fingerprint density at radius 1 is 0.438 bits per heavy atom. The van der Waals surface area contributed by atoms with Crippen LogP contribution in [0.1, 0.15) is 0 Å². The number of ether oxygens (including phenoxy) is 2. The maximum Gasteiger partial charge on any atom is 0.260 e. The van der Waals surface area contributed by atoms with Gasteiger partial charge in [-0.3, -0.25) is 0 Å². The lowest BCUT2D eigenvalue weighted by Crippen LogP contribution is -2.57. The van der Waals surface area contributed by atoms with Crippen molar-refractivity contribution in [2.24, 2.45) is 0 Å². The zero-order valence-electron chi connectivity index (χ0n) is 26.0. The topological polar surface area (TPSA) is 21.7 Å². The van der Waals surface area contributed by atoms with E-state index in [0.29, 0.717) is 0 Å². The first-order valence-electron chi connectivity index (χ1n) is 16.4. The summed E-state index contributed by atoms with van der Waals surface area (Å²) in [4.78, 5) is 2.41. The van der Waals surface area contributed by atoms with Crippen molar-refractivity contribution < 1.29 is 9.47 Å². The maximum atomic E-state index is 6.79. The van der Waals surface area contributed by atoms with Crippen LogP contribution >= 0.6 is 0 Å². The van der Waals surface area contributed by atoms with Crippen LogP contribution in [0.3, 0.4) is 0 Å². The first-order chi connectivity index (χ1) is 23.8. The molecule has 0 radical (unpaired) electrons. The van der Waals surface area contributed by atoms with Gasteiger partial charge in [0.2, 0.25) is 0 Å². The van der Waals surface area contributed by atoms with E-state index in [1.165, 1.54) is 10.8 Å². The number of hydrogen-bond donors (Lipinski definition) is 0. The molecule has 0 atom stereocenters. The molecule has 2 aliphatic heterocycles. The molecule has 4 heteroatoms. The van der Waals surface area contributed by atoms with Crippen molar-refractivity contribution in [3.05, 3.63) is 170 Å². The van der Waals surface area contributed by atoms with E-state index in [0.717, 1.165) is 78.3 Å². The van der Waals surface area contributed by atoms with Crippen LogP contribution in [0.4, 0.5) is 17.1 Å². The van der Waals surface area contributed by atoms with Gasteiger partial charge >= 0.3 is 0 Å². The zero-order valence-corrected chi connectivity index (χ0v) is 26.0. The van der Waals surface area contributed by atoms with E-state index in [4.69, 9.17) is 9.47 Å². The standard InChI is InChI=1S/C44H28BNO2/c1-2-13-30(14-3-1)35-26-25-31-16-5-7-19-34(31)44(35)46(38-22-12-17-29-15-4-6-18-33(29)38)32-27-41-43-42(28-32)48-40-24-11-9-21-37(40)45(43)36-20-8-10-23-39(36)47-41/h1-28H. The lowest BCUT2D eigenvalue weighted by molar-refractivity contribution is 0.465. The predicted molar refractivity (Wildman–Crippen MR) is 199 cm³/mol. The van der Waals surface area contributed by atoms with E-state index in [9.17, 15) is 0 Å². The third-order valence-electron chi connectivity index (χ3n) is 9.75. The summed E-state index contributed by atoms with van der Waals surface area (Å²) in [5.41, 5.74) is 8.82. The van der Waals surface area contributed by atoms with E-state index in [2.05, 4.69) is 163 Å². The lowest BCUT2D eigenvalue weighted by Gasteiger charge is -2.35. The van der Waals surface area contributed by atoms with Gasteiger partial charge in [0.25, 0.3) is 6.71 Å². The SMILES string of the molecule is c1ccc(-c2ccc3ccccc3c2N(c2cc3c4c(c2)Oc2ccccc2B4c2ccccc2O3)c2cccc3ccccc23)cc1. The minimum Gasteiger partial charge on any atom is -0.458 e.